The minimum absolute atomic E-state index is 0. The fourth-order valence-electron chi connectivity index (χ4n) is 9.13. The molecule has 6 aromatic carbocycles. The van der Waals surface area contributed by atoms with Crippen molar-refractivity contribution in [3.8, 4) is 57.5 Å². The molecule has 0 amide bonds. The van der Waals surface area contributed by atoms with Crippen LogP contribution in [-0.2, 0) is 46.1 Å². The Hall–Kier alpha value is -9.32. The molecule has 0 spiro atoms. The van der Waals surface area contributed by atoms with Gasteiger partial charge < -0.3 is 30.0 Å². The molecule has 0 saturated heterocycles. The summed E-state index contributed by atoms with van der Waals surface area (Å²) in [5.41, 5.74) is 7.91. The van der Waals surface area contributed by atoms with Crippen molar-refractivity contribution in [3.05, 3.63) is 210 Å². The van der Waals surface area contributed by atoms with Gasteiger partial charge in [-0.2, -0.15) is 18.3 Å². The number of carbonyl (C=O) groups is 2. The fraction of sp³-hybridized carbons (Fsp3) is 0.138. The Morgan fingerprint density at radius 2 is 1.07 bits per heavy atom. The van der Waals surface area contributed by atoms with Gasteiger partial charge in [0.05, 0.1) is 28.5 Å². The molecular formula is C65H49F3N8O4RuS. The molecule has 0 atom stereocenters. The van der Waals surface area contributed by atoms with Gasteiger partial charge in [-0.3, -0.25) is 24.5 Å². The standard InChI is InChI=1S/C35H19N3O4.C29H30F3N4.CNS.Ru/c39-20-41-27-13-15-37-31(17-27)33-19-28(42-21-40)18-32(38-33)30-16-22(12-14-36-30)4-5-23-6-7-26-9-8-24-2-1-3-25-10-11-29(23)35(26)34(24)25;1-27(2,3)19-7-11-21(12-8-19)36(22-13-9-20(10-14-22)28(4,5)6)23-15-16-33-24(17-23)25-18-26(35-34-25)29(30,31)32;2-1-3;/h1-3,6-21H;7-18H,1-6H3;;/q;2*-1;+2. The van der Waals surface area contributed by atoms with Crippen molar-refractivity contribution in [2.75, 3.05) is 4.90 Å². The van der Waals surface area contributed by atoms with Crippen LogP contribution in [0.4, 0.5) is 30.2 Å². The Morgan fingerprint density at radius 1 is 0.561 bits per heavy atom. The third-order valence-electron chi connectivity index (χ3n) is 13.1. The molecule has 5 aromatic heterocycles. The molecular weight excluding hydrogens is 1150 g/mol. The minimum atomic E-state index is -4.56. The fourth-order valence-corrected chi connectivity index (χ4v) is 9.13. The summed E-state index contributed by atoms with van der Waals surface area (Å²) in [5, 5.41) is 22.7. The second-order valence-corrected chi connectivity index (χ2v) is 20.7. The van der Waals surface area contributed by atoms with Gasteiger partial charge in [0.25, 0.3) is 12.9 Å². The maximum atomic E-state index is 13.1. The molecule has 408 valence electrons. The molecule has 0 aliphatic carbocycles. The van der Waals surface area contributed by atoms with Gasteiger partial charge in [-0.05, 0) is 121 Å². The summed E-state index contributed by atoms with van der Waals surface area (Å²) in [6.07, 6.45) is 0.177. The summed E-state index contributed by atoms with van der Waals surface area (Å²) >= 11 is 3.70. The number of anilines is 3. The summed E-state index contributed by atoms with van der Waals surface area (Å²) in [6, 6.07) is 50.2. The third-order valence-corrected chi connectivity index (χ3v) is 13.1. The van der Waals surface area contributed by atoms with Crippen molar-refractivity contribution in [2.24, 2.45) is 0 Å². The first-order valence-corrected chi connectivity index (χ1v) is 25.7. The van der Waals surface area contributed by atoms with E-state index in [-0.39, 0.29) is 41.8 Å². The molecule has 17 heteroatoms. The number of isothiocyanates is 1. The second kappa shape index (κ2) is 25.0. The number of aromatic nitrogens is 6. The Kier molecular flexibility index (Phi) is 17.9. The van der Waals surface area contributed by atoms with Gasteiger partial charge in [0.1, 0.15) is 17.2 Å². The quantitative estimate of drug-likeness (QED) is 0.0319. The van der Waals surface area contributed by atoms with Crippen LogP contribution in [0.1, 0.15) is 69.5 Å². The zero-order chi connectivity index (χ0) is 57.5. The van der Waals surface area contributed by atoms with Gasteiger partial charge in [0, 0.05) is 65.0 Å². The van der Waals surface area contributed by atoms with Crippen molar-refractivity contribution in [3.63, 3.8) is 0 Å². The first-order valence-electron chi connectivity index (χ1n) is 25.3. The number of hydrogen-bond donors (Lipinski definition) is 0. The molecule has 11 rings (SSSR count). The van der Waals surface area contributed by atoms with Gasteiger partial charge in [0.15, 0.2) is 0 Å². The topological polar surface area (TPSA) is 157 Å². The van der Waals surface area contributed by atoms with Crippen LogP contribution in [0.15, 0.2) is 176 Å². The third kappa shape index (κ3) is 13.5. The number of carbonyl (C=O) groups excluding carboxylic acids is 2. The van der Waals surface area contributed by atoms with E-state index in [1.807, 2.05) is 18.2 Å². The van der Waals surface area contributed by atoms with E-state index in [1.165, 1.54) is 49.4 Å². The molecule has 0 aliphatic rings. The predicted octanol–water partition coefficient (Wildman–Crippen LogP) is 15.4. The monoisotopic (exact) mass is 1200 g/mol. The molecule has 0 radical (unpaired) electrons. The van der Waals surface area contributed by atoms with Crippen molar-refractivity contribution >= 4 is 79.7 Å². The molecule has 0 unspecified atom stereocenters. The Labute approximate surface area is 489 Å². The Morgan fingerprint density at radius 3 is 1.65 bits per heavy atom. The zero-order valence-corrected chi connectivity index (χ0v) is 47.6. The van der Waals surface area contributed by atoms with Gasteiger partial charge in [-0.1, -0.05) is 144 Å². The summed E-state index contributed by atoms with van der Waals surface area (Å²) in [6.45, 7) is 13.7. The summed E-state index contributed by atoms with van der Waals surface area (Å²) in [7, 11) is 0. The summed E-state index contributed by atoms with van der Waals surface area (Å²) in [4.78, 5) is 41.8. The number of benzene rings is 6. The smallest absolute Gasteiger partial charge is 0.753 e. The number of thiocarbonyl (C=S) groups is 1. The van der Waals surface area contributed by atoms with Crippen molar-refractivity contribution in [1.82, 2.24) is 30.1 Å². The first kappa shape index (κ1) is 58.8. The van der Waals surface area contributed by atoms with E-state index in [2.05, 4.69) is 199 Å². The maximum absolute atomic E-state index is 13.1. The van der Waals surface area contributed by atoms with E-state index in [1.54, 1.807) is 42.7 Å². The average molecular weight is 1200 g/mol. The van der Waals surface area contributed by atoms with Crippen molar-refractivity contribution < 1.29 is 51.7 Å². The largest absolute Gasteiger partial charge is 2.00 e. The number of rotatable bonds is 10. The normalized spacial score (nSPS) is 11.2. The Balaban J connectivity index is 0.000000205. The van der Waals surface area contributed by atoms with Crippen LogP contribution >= 0.6 is 12.2 Å². The van der Waals surface area contributed by atoms with E-state index in [9.17, 15) is 22.8 Å². The van der Waals surface area contributed by atoms with Crippen LogP contribution in [0.3, 0.4) is 0 Å². The number of ether oxygens (including phenoxy) is 2. The van der Waals surface area contributed by atoms with Gasteiger partial charge in [-0.25, -0.2) is 4.98 Å². The van der Waals surface area contributed by atoms with Crippen LogP contribution in [0.2, 0.25) is 0 Å². The predicted molar refractivity (Wildman–Crippen MR) is 314 cm³/mol. The van der Waals surface area contributed by atoms with Crippen molar-refractivity contribution in [2.45, 2.75) is 58.5 Å². The van der Waals surface area contributed by atoms with Gasteiger partial charge >= 0.3 is 25.7 Å². The molecule has 0 saturated carbocycles. The first-order chi connectivity index (χ1) is 38.8. The molecule has 0 N–H and O–H groups in total. The number of halogens is 3. The zero-order valence-electron chi connectivity index (χ0n) is 45.0. The number of nitrogens with zero attached hydrogens (tertiary/aromatic N) is 8. The van der Waals surface area contributed by atoms with Gasteiger partial charge in [0.2, 0.25) is 0 Å². The van der Waals surface area contributed by atoms with Crippen LogP contribution in [0.25, 0.3) is 71.9 Å². The van der Waals surface area contributed by atoms with E-state index >= 15 is 0 Å². The average Bonchev–Trinajstić information content (AvgIpc) is 4.11. The van der Waals surface area contributed by atoms with Crippen LogP contribution in [-0.4, -0.2) is 43.1 Å². The van der Waals surface area contributed by atoms with Crippen LogP contribution < -0.4 is 19.5 Å². The number of alkyl halides is 3. The molecule has 82 heavy (non-hydrogen) atoms. The van der Waals surface area contributed by atoms with Crippen LogP contribution in [0, 0.1) is 11.8 Å². The van der Waals surface area contributed by atoms with Crippen molar-refractivity contribution in [1.29, 1.82) is 0 Å². The molecule has 0 bridgehead atoms. The molecule has 11 aromatic rings. The molecule has 12 nitrogen and oxygen atoms in total. The Bertz CT molecular complexity index is 4110. The molecule has 0 fully saturated rings. The molecule has 0 aliphatic heterocycles. The van der Waals surface area contributed by atoms with E-state index in [4.69, 9.17) is 19.9 Å². The van der Waals surface area contributed by atoms with E-state index in [0.29, 0.717) is 47.2 Å². The maximum Gasteiger partial charge on any atom is 2.00 e. The van der Waals surface area contributed by atoms with Crippen LogP contribution in [0.5, 0.6) is 11.5 Å². The van der Waals surface area contributed by atoms with Gasteiger partial charge in [-0.15, -0.1) is 0 Å². The number of pyridine rings is 4. The summed E-state index contributed by atoms with van der Waals surface area (Å²) < 4.78 is 49.3. The SMILES string of the molecule is CC(C)(C)c1ccc(N(c2ccc(C(C)(C)C)cc2)c2ccnc(-c3cc(C(F)(F)F)n[n-]3)c2)cc1.O=COc1ccnc(-c2cc(OC=O)cc(-c3cc(C#Cc4ccc5ccc6cccc7ccc4c5c67)ccn3)n2)c1.[N-]=C=S.[Ru+2]. The van der Waals surface area contributed by atoms with E-state index in [0.717, 1.165) is 39.6 Å². The summed E-state index contributed by atoms with van der Waals surface area (Å²) in [5.74, 6) is 7.22. The second-order valence-electron chi connectivity index (χ2n) is 20.6. The molecule has 5 heterocycles. The van der Waals surface area contributed by atoms with E-state index < -0.39 is 11.9 Å². The number of hydrogen-bond acceptors (Lipinski definition) is 11. The minimum Gasteiger partial charge on any atom is -0.753 e.